The molecule has 0 radical (unpaired) electrons. The first-order chi connectivity index (χ1) is 11.1. The number of nitrogens with one attached hydrogen (secondary N) is 1. The fourth-order valence-corrected chi connectivity index (χ4v) is 2.15. The van der Waals surface area contributed by atoms with E-state index in [4.69, 9.17) is 14.2 Å². The molecule has 0 saturated carbocycles. The zero-order valence-electron chi connectivity index (χ0n) is 13.2. The van der Waals surface area contributed by atoms with Crippen LogP contribution in [0.25, 0.3) is 0 Å². The van der Waals surface area contributed by atoms with E-state index >= 15 is 0 Å². The molecule has 2 rings (SSSR count). The van der Waals surface area contributed by atoms with E-state index in [0.29, 0.717) is 17.2 Å². The molecule has 2 aromatic rings. The summed E-state index contributed by atoms with van der Waals surface area (Å²) in [5.41, 5.74) is 1.04. The first kappa shape index (κ1) is 16.6. The molecule has 0 aliphatic heterocycles. The summed E-state index contributed by atoms with van der Waals surface area (Å²) >= 11 is 0. The molecule has 23 heavy (non-hydrogen) atoms. The molecule has 122 valence electrons. The third-order valence-corrected chi connectivity index (χ3v) is 3.25. The Balaban J connectivity index is 2.12. The summed E-state index contributed by atoms with van der Waals surface area (Å²) in [6, 6.07) is 9.16. The Morgan fingerprint density at radius 3 is 2.26 bits per heavy atom. The van der Waals surface area contributed by atoms with Crippen molar-refractivity contribution in [1.82, 2.24) is 0 Å². The minimum Gasteiger partial charge on any atom is -0.495 e. The number of hydrogen-bond donors (Lipinski definition) is 1. The normalized spacial score (nSPS) is 10.1. The number of amides is 1. The van der Waals surface area contributed by atoms with Crippen molar-refractivity contribution in [3.05, 3.63) is 47.8 Å². The standard InChI is InChI=1S/C17H18FNO4/c1-21-14-7-5-12(18)10-13(14)19-17(20)9-11-4-6-15(22-2)16(8-11)23-3/h4-8,10H,9H2,1-3H3,(H,19,20). The van der Waals surface area contributed by atoms with Crippen LogP contribution < -0.4 is 19.5 Å². The van der Waals surface area contributed by atoms with E-state index in [1.54, 1.807) is 25.3 Å². The van der Waals surface area contributed by atoms with Gasteiger partial charge in [-0.05, 0) is 29.8 Å². The third kappa shape index (κ3) is 4.12. The third-order valence-electron chi connectivity index (χ3n) is 3.25. The summed E-state index contributed by atoms with van der Waals surface area (Å²) in [6.45, 7) is 0. The highest BCUT2D eigenvalue weighted by atomic mass is 19.1. The molecule has 1 N–H and O–H groups in total. The maximum absolute atomic E-state index is 13.3. The van der Waals surface area contributed by atoms with Gasteiger partial charge in [-0.1, -0.05) is 6.07 Å². The minimum absolute atomic E-state index is 0.111. The van der Waals surface area contributed by atoms with Gasteiger partial charge in [-0.25, -0.2) is 4.39 Å². The minimum atomic E-state index is -0.452. The van der Waals surface area contributed by atoms with Gasteiger partial charge in [0.2, 0.25) is 5.91 Å². The number of hydrogen-bond acceptors (Lipinski definition) is 4. The molecule has 0 aliphatic rings. The number of halogens is 1. The molecule has 0 heterocycles. The molecule has 0 spiro atoms. The molecule has 0 atom stereocenters. The molecule has 0 aliphatic carbocycles. The van der Waals surface area contributed by atoms with Crippen molar-refractivity contribution in [3.8, 4) is 17.2 Å². The van der Waals surface area contributed by atoms with Crippen molar-refractivity contribution >= 4 is 11.6 Å². The Bertz CT molecular complexity index is 703. The van der Waals surface area contributed by atoms with Gasteiger partial charge in [0.05, 0.1) is 33.4 Å². The van der Waals surface area contributed by atoms with E-state index in [-0.39, 0.29) is 18.0 Å². The van der Waals surface area contributed by atoms with Crippen molar-refractivity contribution in [3.63, 3.8) is 0 Å². The van der Waals surface area contributed by atoms with E-state index < -0.39 is 5.82 Å². The van der Waals surface area contributed by atoms with Gasteiger partial charge < -0.3 is 19.5 Å². The summed E-state index contributed by atoms with van der Waals surface area (Å²) in [4.78, 5) is 12.2. The lowest BCUT2D eigenvalue weighted by molar-refractivity contribution is -0.115. The van der Waals surface area contributed by atoms with Crippen LogP contribution in [0.1, 0.15) is 5.56 Å². The summed E-state index contributed by atoms with van der Waals surface area (Å²) in [7, 11) is 4.52. The molecule has 0 bridgehead atoms. The first-order valence-electron chi connectivity index (χ1n) is 6.91. The zero-order chi connectivity index (χ0) is 16.8. The molecule has 0 unspecified atom stereocenters. The van der Waals surface area contributed by atoms with Crippen molar-refractivity contribution in [2.75, 3.05) is 26.6 Å². The monoisotopic (exact) mass is 319 g/mol. The van der Waals surface area contributed by atoms with Crippen LogP contribution in [0.2, 0.25) is 0 Å². The Hall–Kier alpha value is -2.76. The second-order valence-electron chi connectivity index (χ2n) is 4.76. The molecule has 1 amide bonds. The number of carbonyl (C=O) groups is 1. The Morgan fingerprint density at radius 1 is 0.957 bits per heavy atom. The van der Waals surface area contributed by atoms with Gasteiger partial charge in [-0.2, -0.15) is 0 Å². The number of anilines is 1. The SMILES string of the molecule is COc1ccc(F)cc1NC(=O)Cc1ccc(OC)c(OC)c1. The van der Waals surface area contributed by atoms with Crippen molar-refractivity contribution in [2.24, 2.45) is 0 Å². The number of methoxy groups -OCH3 is 3. The number of carbonyl (C=O) groups excluding carboxylic acids is 1. The summed E-state index contributed by atoms with van der Waals surface area (Å²) in [5.74, 6) is 0.782. The van der Waals surface area contributed by atoms with E-state index in [1.165, 1.54) is 32.4 Å². The molecule has 6 heteroatoms. The highest BCUT2D eigenvalue weighted by Gasteiger charge is 2.11. The van der Waals surface area contributed by atoms with E-state index in [0.717, 1.165) is 5.56 Å². The predicted molar refractivity (Wildman–Crippen MR) is 84.8 cm³/mol. The predicted octanol–water partition coefficient (Wildman–Crippen LogP) is 3.03. The van der Waals surface area contributed by atoms with Gasteiger partial charge >= 0.3 is 0 Å². The van der Waals surface area contributed by atoms with E-state index in [1.807, 2.05) is 0 Å². The molecule has 5 nitrogen and oxygen atoms in total. The Kier molecular flexibility index (Phi) is 5.41. The number of ether oxygens (including phenoxy) is 3. The highest BCUT2D eigenvalue weighted by molar-refractivity contribution is 5.93. The van der Waals surface area contributed by atoms with Crippen LogP contribution >= 0.6 is 0 Å². The second kappa shape index (κ2) is 7.49. The van der Waals surface area contributed by atoms with Crippen LogP contribution in [0, 0.1) is 5.82 Å². The van der Waals surface area contributed by atoms with Gasteiger partial charge in [0, 0.05) is 6.07 Å². The van der Waals surface area contributed by atoms with E-state index in [9.17, 15) is 9.18 Å². The van der Waals surface area contributed by atoms with Crippen molar-refractivity contribution in [1.29, 1.82) is 0 Å². The fourth-order valence-electron chi connectivity index (χ4n) is 2.15. The van der Waals surface area contributed by atoms with Crippen LogP contribution in [0.15, 0.2) is 36.4 Å². The maximum atomic E-state index is 13.3. The van der Waals surface area contributed by atoms with Gasteiger partial charge in [-0.15, -0.1) is 0 Å². The lowest BCUT2D eigenvalue weighted by atomic mass is 10.1. The van der Waals surface area contributed by atoms with Gasteiger partial charge in [0.25, 0.3) is 0 Å². The second-order valence-corrected chi connectivity index (χ2v) is 4.76. The highest BCUT2D eigenvalue weighted by Crippen LogP contribution is 2.28. The summed E-state index contributed by atoms with van der Waals surface area (Å²) in [5, 5.41) is 2.64. The lowest BCUT2D eigenvalue weighted by Crippen LogP contribution is -2.15. The largest absolute Gasteiger partial charge is 0.495 e. The fraction of sp³-hybridized carbons (Fsp3) is 0.235. The van der Waals surface area contributed by atoms with Crippen LogP contribution in [0.4, 0.5) is 10.1 Å². The molecule has 0 saturated heterocycles. The van der Waals surface area contributed by atoms with Crippen molar-refractivity contribution in [2.45, 2.75) is 6.42 Å². The number of benzene rings is 2. The molecule has 0 fully saturated rings. The molecular formula is C17H18FNO4. The topological polar surface area (TPSA) is 56.8 Å². The smallest absolute Gasteiger partial charge is 0.228 e. The Morgan fingerprint density at radius 2 is 1.61 bits per heavy atom. The first-order valence-corrected chi connectivity index (χ1v) is 6.91. The average molecular weight is 319 g/mol. The van der Waals surface area contributed by atoms with Gasteiger partial charge in [0.15, 0.2) is 11.5 Å². The maximum Gasteiger partial charge on any atom is 0.228 e. The average Bonchev–Trinajstić information content (AvgIpc) is 2.54. The molecular weight excluding hydrogens is 301 g/mol. The summed E-state index contributed by atoms with van der Waals surface area (Å²) in [6.07, 6.45) is 0.111. The molecule has 0 aromatic heterocycles. The van der Waals surface area contributed by atoms with Crippen LogP contribution in [0.5, 0.6) is 17.2 Å². The lowest BCUT2D eigenvalue weighted by Gasteiger charge is -2.11. The zero-order valence-corrected chi connectivity index (χ0v) is 13.2. The van der Waals surface area contributed by atoms with Crippen LogP contribution in [0.3, 0.4) is 0 Å². The molecule has 2 aromatic carbocycles. The van der Waals surface area contributed by atoms with Crippen molar-refractivity contribution < 1.29 is 23.4 Å². The summed E-state index contributed by atoms with van der Waals surface area (Å²) < 4.78 is 28.8. The quantitative estimate of drug-likeness (QED) is 0.889. The van der Waals surface area contributed by atoms with E-state index in [2.05, 4.69) is 5.32 Å². The van der Waals surface area contributed by atoms with Crippen LogP contribution in [-0.2, 0) is 11.2 Å². The van der Waals surface area contributed by atoms with Gasteiger partial charge in [0.1, 0.15) is 11.6 Å². The Labute approximate surface area is 134 Å². The number of rotatable bonds is 6. The van der Waals surface area contributed by atoms with Gasteiger partial charge in [-0.3, -0.25) is 4.79 Å². The van der Waals surface area contributed by atoms with Crippen LogP contribution in [-0.4, -0.2) is 27.2 Å².